The van der Waals surface area contributed by atoms with Gasteiger partial charge in [0, 0.05) is 21.6 Å². The molecule has 0 saturated carbocycles. The minimum absolute atomic E-state index is 0.371. The van der Waals surface area contributed by atoms with E-state index < -0.39 is 0 Å². The van der Waals surface area contributed by atoms with Crippen LogP contribution in [0.25, 0.3) is 0 Å². The van der Waals surface area contributed by atoms with E-state index in [-0.39, 0.29) is 0 Å². The number of hydrogen-bond acceptors (Lipinski definition) is 3. The zero-order valence-electron chi connectivity index (χ0n) is 10.5. The summed E-state index contributed by atoms with van der Waals surface area (Å²) in [4.78, 5) is 0. The molecule has 1 atom stereocenters. The van der Waals surface area contributed by atoms with Gasteiger partial charge < -0.3 is 14.8 Å². The Morgan fingerprint density at radius 3 is 2.53 bits per heavy atom. The quantitative estimate of drug-likeness (QED) is 0.930. The van der Waals surface area contributed by atoms with Crippen LogP contribution in [-0.2, 0) is 0 Å². The fourth-order valence-corrected chi connectivity index (χ4v) is 2.81. The zero-order valence-corrected chi connectivity index (χ0v) is 12.1. The smallest absolute Gasteiger partial charge is 0.165 e. The van der Waals surface area contributed by atoms with Gasteiger partial charge in [0.05, 0.1) is 14.2 Å². The van der Waals surface area contributed by atoms with Crippen LogP contribution in [-0.4, -0.2) is 20.8 Å². The third-order valence-electron chi connectivity index (χ3n) is 3.29. The van der Waals surface area contributed by atoms with E-state index in [1.807, 2.05) is 6.92 Å². The van der Waals surface area contributed by atoms with Crippen molar-refractivity contribution in [2.24, 2.45) is 0 Å². The Kier molecular flexibility index (Phi) is 3.94. The number of hydrogen-bond donors (Lipinski definition) is 1. The molecular weight excluding hydrogens is 282 g/mol. The number of methoxy groups -OCH3 is 2. The van der Waals surface area contributed by atoms with E-state index in [1.165, 1.54) is 12.0 Å². The van der Waals surface area contributed by atoms with Gasteiger partial charge in [0.1, 0.15) is 0 Å². The van der Waals surface area contributed by atoms with Crippen LogP contribution < -0.4 is 14.8 Å². The van der Waals surface area contributed by atoms with Crippen molar-refractivity contribution in [3.05, 3.63) is 21.7 Å². The van der Waals surface area contributed by atoms with E-state index in [9.17, 15) is 0 Å². The summed E-state index contributed by atoms with van der Waals surface area (Å²) in [5, 5.41) is 3.49. The monoisotopic (exact) mass is 299 g/mol. The highest BCUT2D eigenvalue weighted by Gasteiger charge is 2.24. The van der Waals surface area contributed by atoms with Crippen molar-refractivity contribution in [3.63, 3.8) is 0 Å². The molecule has 0 bridgehead atoms. The Labute approximate surface area is 111 Å². The van der Waals surface area contributed by atoms with Crippen molar-refractivity contribution < 1.29 is 9.47 Å². The van der Waals surface area contributed by atoms with Crippen LogP contribution in [0, 0.1) is 6.92 Å². The van der Waals surface area contributed by atoms with Crippen molar-refractivity contribution in [2.45, 2.75) is 25.8 Å². The molecule has 0 aromatic heterocycles. The molecule has 1 aliphatic heterocycles. The maximum Gasteiger partial charge on any atom is 0.165 e. The second-order valence-corrected chi connectivity index (χ2v) is 5.14. The Hall–Kier alpha value is -0.740. The molecule has 1 unspecified atom stereocenters. The van der Waals surface area contributed by atoms with Gasteiger partial charge in [0.25, 0.3) is 0 Å². The summed E-state index contributed by atoms with van der Waals surface area (Å²) >= 11 is 3.58. The molecule has 0 radical (unpaired) electrons. The molecule has 1 fully saturated rings. The van der Waals surface area contributed by atoms with Crippen LogP contribution in [0.15, 0.2) is 10.5 Å². The normalized spacial score (nSPS) is 19.4. The topological polar surface area (TPSA) is 30.5 Å². The molecular formula is C13H18BrNO2. The molecule has 0 spiro atoms. The predicted molar refractivity (Wildman–Crippen MR) is 72.0 cm³/mol. The third kappa shape index (κ3) is 2.29. The van der Waals surface area contributed by atoms with Crippen LogP contribution in [0.3, 0.4) is 0 Å². The first-order valence-electron chi connectivity index (χ1n) is 5.83. The van der Waals surface area contributed by atoms with E-state index in [4.69, 9.17) is 9.47 Å². The molecule has 4 heteroatoms. The van der Waals surface area contributed by atoms with Crippen molar-refractivity contribution in [1.82, 2.24) is 5.32 Å². The van der Waals surface area contributed by atoms with E-state index in [0.717, 1.165) is 34.5 Å². The third-order valence-corrected chi connectivity index (χ3v) is 4.12. The Bertz CT molecular complexity index is 414. The van der Waals surface area contributed by atoms with Gasteiger partial charge in [-0.15, -0.1) is 0 Å². The fraction of sp³-hybridized carbons (Fsp3) is 0.538. The van der Waals surface area contributed by atoms with Gasteiger partial charge in [-0.05, 0) is 32.4 Å². The maximum atomic E-state index is 5.53. The highest BCUT2D eigenvalue weighted by atomic mass is 79.9. The molecule has 1 aromatic carbocycles. The van der Waals surface area contributed by atoms with Crippen molar-refractivity contribution in [3.8, 4) is 11.5 Å². The zero-order chi connectivity index (χ0) is 12.4. The average Bonchev–Trinajstić information content (AvgIpc) is 2.85. The van der Waals surface area contributed by atoms with Crippen molar-refractivity contribution in [2.75, 3.05) is 20.8 Å². The van der Waals surface area contributed by atoms with Gasteiger partial charge in [0.15, 0.2) is 11.5 Å². The summed E-state index contributed by atoms with van der Waals surface area (Å²) in [6.07, 6.45) is 2.36. The lowest BCUT2D eigenvalue weighted by molar-refractivity contribution is 0.346. The molecule has 1 N–H and O–H groups in total. The van der Waals surface area contributed by atoms with Gasteiger partial charge in [-0.3, -0.25) is 0 Å². The standard InChI is InChI=1S/C13H18BrNO2/c1-8-10(14)7-9(11-5-4-6-15-11)13(17-3)12(8)16-2/h7,11,15H,4-6H2,1-3H3. The summed E-state index contributed by atoms with van der Waals surface area (Å²) in [7, 11) is 3.38. The number of ether oxygens (including phenoxy) is 2. The summed E-state index contributed by atoms with van der Waals surface area (Å²) in [6.45, 7) is 3.10. The van der Waals surface area contributed by atoms with Gasteiger partial charge in [-0.25, -0.2) is 0 Å². The van der Waals surface area contributed by atoms with E-state index in [1.54, 1.807) is 14.2 Å². The SMILES string of the molecule is COc1c(C2CCCN2)cc(Br)c(C)c1OC. The maximum absolute atomic E-state index is 5.53. The van der Waals surface area contributed by atoms with Gasteiger partial charge in [-0.1, -0.05) is 15.9 Å². The molecule has 2 rings (SSSR count). The van der Waals surface area contributed by atoms with Crippen molar-refractivity contribution in [1.29, 1.82) is 0 Å². The van der Waals surface area contributed by atoms with E-state index in [2.05, 4.69) is 27.3 Å². The minimum Gasteiger partial charge on any atom is -0.493 e. The minimum atomic E-state index is 0.371. The molecule has 94 valence electrons. The lowest BCUT2D eigenvalue weighted by Crippen LogP contribution is -2.14. The second-order valence-electron chi connectivity index (χ2n) is 4.29. The largest absolute Gasteiger partial charge is 0.493 e. The lowest BCUT2D eigenvalue weighted by Gasteiger charge is -2.20. The van der Waals surface area contributed by atoms with Gasteiger partial charge in [-0.2, -0.15) is 0 Å². The van der Waals surface area contributed by atoms with Crippen LogP contribution in [0.5, 0.6) is 11.5 Å². The molecule has 0 aliphatic carbocycles. The number of benzene rings is 1. The van der Waals surface area contributed by atoms with Crippen LogP contribution in [0.4, 0.5) is 0 Å². The summed E-state index contributed by atoms with van der Waals surface area (Å²) < 4.78 is 12.1. The number of rotatable bonds is 3. The highest BCUT2D eigenvalue weighted by molar-refractivity contribution is 9.10. The number of halogens is 1. The first-order valence-corrected chi connectivity index (χ1v) is 6.62. The molecule has 3 nitrogen and oxygen atoms in total. The van der Waals surface area contributed by atoms with Gasteiger partial charge in [0.2, 0.25) is 0 Å². The number of nitrogens with one attached hydrogen (secondary N) is 1. The fourth-order valence-electron chi connectivity index (χ4n) is 2.39. The van der Waals surface area contributed by atoms with E-state index in [0.29, 0.717) is 6.04 Å². The lowest BCUT2D eigenvalue weighted by atomic mass is 10.0. The summed E-state index contributed by atoms with van der Waals surface area (Å²) in [5.41, 5.74) is 2.26. The van der Waals surface area contributed by atoms with Gasteiger partial charge >= 0.3 is 0 Å². The molecule has 1 saturated heterocycles. The first-order chi connectivity index (χ1) is 8.19. The second kappa shape index (κ2) is 5.27. The van der Waals surface area contributed by atoms with Crippen molar-refractivity contribution >= 4 is 15.9 Å². The molecule has 1 aromatic rings. The Morgan fingerprint density at radius 2 is 2.00 bits per heavy atom. The van der Waals surface area contributed by atoms with Crippen LogP contribution in [0.1, 0.15) is 30.0 Å². The van der Waals surface area contributed by atoms with Crippen LogP contribution in [0.2, 0.25) is 0 Å². The van der Waals surface area contributed by atoms with E-state index >= 15 is 0 Å². The predicted octanol–water partition coefficient (Wildman–Crippen LogP) is 3.20. The highest BCUT2D eigenvalue weighted by Crippen LogP contribution is 2.43. The summed E-state index contributed by atoms with van der Waals surface area (Å²) in [6, 6.07) is 2.51. The molecule has 17 heavy (non-hydrogen) atoms. The van der Waals surface area contributed by atoms with Crippen LogP contribution >= 0.6 is 15.9 Å². The molecule has 1 heterocycles. The summed E-state index contributed by atoms with van der Waals surface area (Å²) in [5.74, 6) is 1.68. The first kappa shape index (κ1) is 12.7. The Balaban J connectivity index is 2.53. The molecule has 1 aliphatic rings. The molecule has 0 amide bonds. The average molecular weight is 300 g/mol. The Morgan fingerprint density at radius 1 is 1.29 bits per heavy atom.